The van der Waals surface area contributed by atoms with E-state index in [1.54, 1.807) is 19.2 Å². The fourth-order valence-corrected chi connectivity index (χ4v) is 2.61. The van der Waals surface area contributed by atoms with Crippen molar-refractivity contribution in [3.63, 3.8) is 0 Å². The van der Waals surface area contributed by atoms with Gasteiger partial charge in [0.2, 0.25) is 5.91 Å². The maximum atomic E-state index is 11.4. The van der Waals surface area contributed by atoms with Crippen LogP contribution in [-0.4, -0.2) is 19.6 Å². The van der Waals surface area contributed by atoms with Crippen LogP contribution in [0.3, 0.4) is 0 Å². The minimum absolute atomic E-state index is 0.0411. The smallest absolute Gasteiger partial charge is 0.220 e. The van der Waals surface area contributed by atoms with E-state index in [4.69, 9.17) is 27.9 Å². The molecule has 3 nitrogen and oxygen atoms in total. The Morgan fingerprint density at radius 3 is 2.82 bits per heavy atom. The summed E-state index contributed by atoms with van der Waals surface area (Å²) >= 11 is 12.2. The molecule has 0 saturated carbocycles. The van der Waals surface area contributed by atoms with Crippen molar-refractivity contribution in [2.24, 2.45) is 0 Å². The zero-order chi connectivity index (χ0) is 12.4. The first kappa shape index (κ1) is 12.5. The summed E-state index contributed by atoms with van der Waals surface area (Å²) in [5, 5.41) is 3.78. The molecular formula is C12H13Cl2NO2. The number of ether oxygens (including phenoxy) is 1. The summed E-state index contributed by atoms with van der Waals surface area (Å²) in [7, 11) is 1.59. The summed E-state index contributed by atoms with van der Waals surface area (Å²) in [6, 6.07) is 3.49. The van der Waals surface area contributed by atoms with Gasteiger partial charge in [-0.15, -0.1) is 0 Å². The van der Waals surface area contributed by atoms with Gasteiger partial charge in [0.25, 0.3) is 0 Å². The number of carbonyl (C=O) groups excluding carboxylic acids is 1. The monoisotopic (exact) mass is 273 g/mol. The van der Waals surface area contributed by atoms with E-state index >= 15 is 0 Å². The second kappa shape index (κ2) is 5.15. The average molecular weight is 274 g/mol. The third-order valence-corrected chi connectivity index (χ3v) is 3.79. The molecule has 0 radical (unpaired) electrons. The summed E-state index contributed by atoms with van der Waals surface area (Å²) in [5.74, 6) is 0.809. The van der Waals surface area contributed by atoms with E-state index < -0.39 is 0 Å². The number of amides is 1. The van der Waals surface area contributed by atoms with Gasteiger partial charge in [0, 0.05) is 18.5 Å². The van der Waals surface area contributed by atoms with E-state index in [-0.39, 0.29) is 11.8 Å². The molecule has 1 N–H and O–H groups in total. The lowest BCUT2D eigenvalue weighted by Crippen LogP contribution is -2.32. The second-order valence-electron chi connectivity index (χ2n) is 4.02. The Morgan fingerprint density at radius 1 is 1.41 bits per heavy atom. The quantitative estimate of drug-likeness (QED) is 0.900. The van der Waals surface area contributed by atoms with E-state index in [0.29, 0.717) is 28.8 Å². The molecular weight excluding hydrogens is 261 g/mol. The number of hydrogen-bond donors (Lipinski definition) is 1. The first-order valence-corrected chi connectivity index (χ1v) is 6.17. The Balaban J connectivity index is 2.41. The number of methoxy groups -OCH3 is 1. The molecule has 1 saturated heterocycles. The summed E-state index contributed by atoms with van der Waals surface area (Å²) in [4.78, 5) is 11.4. The Hall–Kier alpha value is -0.930. The molecule has 1 heterocycles. The van der Waals surface area contributed by atoms with E-state index in [0.717, 1.165) is 12.0 Å². The Labute approximate surface area is 110 Å². The van der Waals surface area contributed by atoms with Crippen LogP contribution < -0.4 is 10.1 Å². The number of hydrogen-bond acceptors (Lipinski definition) is 2. The van der Waals surface area contributed by atoms with Crippen molar-refractivity contribution in [3.05, 3.63) is 27.7 Å². The van der Waals surface area contributed by atoms with Crippen molar-refractivity contribution in [3.8, 4) is 5.75 Å². The van der Waals surface area contributed by atoms with Crippen LogP contribution in [0.5, 0.6) is 5.75 Å². The highest BCUT2D eigenvalue weighted by molar-refractivity contribution is 6.42. The third kappa shape index (κ3) is 2.50. The topological polar surface area (TPSA) is 38.3 Å². The highest BCUT2D eigenvalue weighted by Gasteiger charge is 2.26. The number of rotatable bonds is 2. The molecule has 0 bridgehead atoms. The third-order valence-electron chi connectivity index (χ3n) is 2.97. The van der Waals surface area contributed by atoms with E-state index in [9.17, 15) is 4.79 Å². The maximum absolute atomic E-state index is 11.4. The van der Waals surface area contributed by atoms with Gasteiger partial charge in [-0.1, -0.05) is 23.2 Å². The molecule has 0 spiro atoms. The molecule has 1 aliphatic heterocycles. The number of carbonyl (C=O) groups is 1. The highest BCUT2D eigenvalue weighted by atomic mass is 35.5. The van der Waals surface area contributed by atoms with Crippen LogP contribution >= 0.6 is 23.2 Å². The number of halogens is 2. The van der Waals surface area contributed by atoms with Crippen LogP contribution in [0.4, 0.5) is 0 Å². The highest BCUT2D eigenvalue weighted by Crippen LogP contribution is 2.41. The molecule has 0 aliphatic carbocycles. The van der Waals surface area contributed by atoms with Crippen molar-refractivity contribution in [1.82, 2.24) is 5.32 Å². The molecule has 1 fully saturated rings. The fourth-order valence-electron chi connectivity index (χ4n) is 2.14. The molecule has 2 rings (SSSR count). The van der Waals surface area contributed by atoms with Crippen molar-refractivity contribution in [2.75, 3.05) is 13.7 Å². The minimum Gasteiger partial charge on any atom is -0.496 e. The van der Waals surface area contributed by atoms with Gasteiger partial charge in [-0.2, -0.15) is 0 Å². The van der Waals surface area contributed by atoms with Crippen LogP contribution in [0.25, 0.3) is 0 Å². The molecule has 1 aromatic rings. The van der Waals surface area contributed by atoms with Crippen molar-refractivity contribution in [2.45, 2.75) is 18.8 Å². The predicted octanol–water partition coefficient (Wildman–Crippen LogP) is 3.00. The minimum atomic E-state index is 0.0411. The summed E-state index contributed by atoms with van der Waals surface area (Å²) < 4.78 is 5.29. The summed E-state index contributed by atoms with van der Waals surface area (Å²) in [5.41, 5.74) is 0.844. The average Bonchev–Trinajstić information content (AvgIpc) is 2.32. The van der Waals surface area contributed by atoms with Crippen molar-refractivity contribution < 1.29 is 9.53 Å². The zero-order valence-corrected chi connectivity index (χ0v) is 10.9. The normalized spacial score (nSPS) is 19.9. The standard InChI is InChI=1S/C12H13Cl2NO2/c1-17-9-3-2-8(13)12(14)11(9)7-4-5-15-10(16)6-7/h2-3,7H,4-6H2,1H3,(H,15,16)/t7-/m0/s1. The van der Waals surface area contributed by atoms with Gasteiger partial charge in [-0.05, 0) is 24.5 Å². The lowest BCUT2D eigenvalue weighted by Gasteiger charge is -2.25. The van der Waals surface area contributed by atoms with E-state index in [2.05, 4.69) is 5.32 Å². The first-order valence-electron chi connectivity index (χ1n) is 5.42. The van der Waals surface area contributed by atoms with Crippen molar-refractivity contribution >= 4 is 29.1 Å². The molecule has 92 valence electrons. The molecule has 1 aromatic carbocycles. The number of benzene rings is 1. The number of nitrogens with one attached hydrogen (secondary N) is 1. The van der Waals surface area contributed by atoms with Crippen LogP contribution in [0.1, 0.15) is 24.3 Å². The van der Waals surface area contributed by atoms with Crippen LogP contribution in [-0.2, 0) is 4.79 Å². The lowest BCUT2D eigenvalue weighted by atomic mass is 9.89. The Kier molecular flexibility index (Phi) is 3.79. The fraction of sp³-hybridized carbons (Fsp3) is 0.417. The molecule has 0 unspecified atom stereocenters. The molecule has 0 aromatic heterocycles. The van der Waals surface area contributed by atoms with E-state index in [1.807, 2.05) is 0 Å². The van der Waals surface area contributed by atoms with Crippen LogP contribution in [0.15, 0.2) is 12.1 Å². The molecule has 1 aliphatic rings. The first-order chi connectivity index (χ1) is 8.13. The van der Waals surface area contributed by atoms with Crippen molar-refractivity contribution in [1.29, 1.82) is 0 Å². The second-order valence-corrected chi connectivity index (χ2v) is 4.80. The largest absolute Gasteiger partial charge is 0.496 e. The van der Waals surface area contributed by atoms with Crippen LogP contribution in [0.2, 0.25) is 10.0 Å². The number of piperidine rings is 1. The molecule has 1 amide bonds. The van der Waals surface area contributed by atoms with Gasteiger partial charge >= 0.3 is 0 Å². The maximum Gasteiger partial charge on any atom is 0.220 e. The van der Waals surface area contributed by atoms with E-state index in [1.165, 1.54) is 0 Å². The van der Waals surface area contributed by atoms with Gasteiger partial charge in [-0.25, -0.2) is 0 Å². The summed E-state index contributed by atoms with van der Waals surface area (Å²) in [6.07, 6.45) is 1.28. The SMILES string of the molecule is COc1ccc(Cl)c(Cl)c1[C@H]1CCNC(=O)C1. The predicted molar refractivity (Wildman–Crippen MR) is 68.0 cm³/mol. The Morgan fingerprint density at radius 2 is 2.18 bits per heavy atom. The van der Waals surface area contributed by atoms with Crippen LogP contribution in [0, 0.1) is 0 Å². The molecule has 5 heteroatoms. The Bertz CT molecular complexity index is 448. The molecule has 17 heavy (non-hydrogen) atoms. The van der Waals surface area contributed by atoms with Gasteiger partial charge < -0.3 is 10.1 Å². The van der Waals surface area contributed by atoms with Gasteiger partial charge in [0.1, 0.15) is 5.75 Å². The summed E-state index contributed by atoms with van der Waals surface area (Å²) in [6.45, 7) is 0.662. The van der Waals surface area contributed by atoms with Gasteiger partial charge in [0.05, 0.1) is 17.2 Å². The lowest BCUT2D eigenvalue weighted by molar-refractivity contribution is -0.122. The molecule has 1 atom stereocenters. The van der Waals surface area contributed by atoms with Gasteiger partial charge in [0.15, 0.2) is 0 Å². The zero-order valence-electron chi connectivity index (χ0n) is 9.43. The van der Waals surface area contributed by atoms with Gasteiger partial charge in [-0.3, -0.25) is 4.79 Å².